The first kappa shape index (κ1) is 107. The summed E-state index contributed by atoms with van der Waals surface area (Å²) in [5.74, 6) is -17.1. The molecule has 2 saturated carbocycles. The summed E-state index contributed by atoms with van der Waals surface area (Å²) in [6, 6.07) is -6.78. The van der Waals surface area contributed by atoms with E-state index in [9.17, 15) is 162 Å². The number of aliphatic hydroxyl groups is 27. The molecule has 12 rings (SSSR count). The SMILES string of the molecule is CC(=O)NC1C(O)[C@H](O[C@@H]2OC3CC(O)(O)[C@@H]3[C@H](O[C@]3(OC=O)C[C@@H](O)[C@@H](C)C([C@H](O)[C@H](O)CO)O3)C2O)[C@H](CO)O[C@H]1OCCC1[C@@H](OCC2O[C@@H](O[C@@H]3C(CO)O[C@@H](O[C@@H]4C(CO)O[C@@H](C)C(NC(C)=O)[C@H]4O)C(NC(C)=O)[C@H]3O)C(O)[C@@H](O[C@H]3OC(CO)[C@@H](O)C(O)C3O[C@@H]3OC(CO)[C@@H](O[C@@H]4OC5CC(O)(O)[C@@H]5[C@H](O)C4O)[C@H](O)C3NC(C)=O)[C@@H]2O)OC(CO)[C@@H](O)[C@@H]1O. The van der Waals surface area contributed by atoms with Gasteiger partial charge in [-0.05, 0) is 13.3 Å². The number of hydrogen-bond acceptors (Lipinski definition) is 52. The Labute approximate surface area is 755 Å². The third kappa shape index (κ3) is 22.7. The lowest BCUT2D eigenvalue weighted by molar-refractivity contribution is -0.470. The van der Waals surface area contributed by atoms with Crippen LogP contribution in [0, 0.1) is 23.7 Å². The molecule has 12 fully saturated rings. The number of carbonyl (C=O) groups excluding carboxylic acids is 5. The van der Waals surface area contributed by atoms with E-state index in [2.05, 4.69) is 21.3 Å². The van der Waals surface area contributed by atoms with Gasteiger partial charge < -0.3 is 254 Å². The average Bonchev–Trinajstić information content (AvgIpc) is 0.722. The highest BCUT2D eigenvalue weighted by molar-refractivity contribution is 5.74. The quantitative estimate of drug-likeness (QED) is 0.0205. The number of rotatable bonds is 36. The van der Waals surface area contributed by atoms with Crippen molar-refractivity contribution in [1.29, 1.82) is 0 Å². The predicted molar refractivity (Wildman–Crippen MR) is 413 cm³/mol. The van der Waals surface area contributed by atoms with Crippen molar-refractivity contribution in [2.45, 2.75) is 367 Å². The van der Waals surface area contributed by atoms with E-state index < -0.39 is 432 Å². The zero-order valence-corrected chi connectivity index (χ0v) is 72.4. The van der Waals surface area contributed by atoms with Crippen LogP contribution in [0.3, 0.4) is 0 Å². The van der Waals surface area contributed by atoms with Crippen LogP contribution in [0.5, 0.6) is 0 Å². The highest BCUT2D eigenvalue weighted by Gasteiger charge is 2.69. The molecule has 0 aromatic heterocycles. The second-order valence-corrected chi connectivity index (χ2v) is 35.5. The molecule has 12 aliphatic rings. The normalized spacial score (nSPS) is 48.5. The number of carbonyl (C=O) groups is 5. The van der Waals surface area contributed by atoms with Crippen LogP contribution in [-0.2, 0) is 119 Å². The molecule has 10 aliphatic heterocycles. The molecule has 20 unspecified atom stereocenters. The molecule has 133 heavy (non-hydrogen) atoms. The van der Waals surface area contributed by atoms with Crippen molar-refractivity contribution in [1.82, 2.24) is 21.3 Å². The van der Waals surface area contributed by atoms with Gasteiger partial charge in [0.25, 0.3) is 6.47 Å². The van der Waals surface area contributed by atoms with Crippen molar-refractivity contribution in [2.24, 2.45) is 23.7 Å². The molecule has 31 N–H and O–H groups in total. The standard InChI is InChI=1S/C77H126N4O52/c1-21-28(94)9-77(116-20-89,132-59(21)46(97)29(95)12-82)133-64-40-31(11-76(40,112)113)119-72(57(64)108)128-61-35(16-86)122-68(42(52(61)103)79-24(4)91)114-8-7-27-45(96)47(98)32(13-83)120-67(27)115-19-38-49(100)65(58(109)73(125-38)129-63-37(18-88)123-69(43(53(63)104)80-25(5)92)126-60-34(15-85)117-22(2)41(51(60)102)78-23(3)90)130-74-66(55(106)48(99)33(14-84)121-74)131-70-44(81-26(6)93)54(105)62(36(17-87)124-70)127-71-56(107)50(101)39-30(118-71)10-75(39,110)111/h20-22,27-74,82-88,94-113H,7-19H2,1-6H3,(H,78,90)(H,79,91)(H,80,92)(H,81,93)/t21-,22+,27?,28-,29-,30?,31?,32?,33?,34?,35+,36?,37?,38?,39+,40+,41?,42?,43?,44?,45-,46-,47-,48-,49-,50+,51-,52?,53-,54-,55?,56?,57?,58?,59?,60-,61-,62-,63-,64+,65+,66?,67+,68-,69+,70+,71+,72+,73+,74-,77+/m1/s1. The number of fused-ring (bicyclic) bond motifs is 2. The Morgan fingerprint density at radius 3 is 1.27 bits per heavy atom. The summed E-state index contributed by atoms with van der Waals surface area (Å²) in [7, 11) is 0. The summed E-state index contributed by atoms with van der Waals surface area (Å²) in [5.41, 5.74) is 0. The highest BCUT2D eigenvalue weighted by Crippen LogP contribution is 2.52. The molecule has 766 valence electrons. The fourth-order valence-electron chi connectivity index (χ4n) is 19.2. The van der Waals surface area contributed by atoms with Crippen LogP contribution in [0.25, 0.3) is 0 Å². The summed E-state index contributed by atoms with van der Waals surface area (Å²) in [4.78, 5) is 63.7. The first-order chi connectivity index (χ1) is 62.7. The predicted octanol–water partition coefficient (Wildman–Crippen LogP) is -19.3. The fraction of sp³-hybridized carbons (Fsp3) is 0.935. The van der Waals surface area contributed by atoms with Crippen molar-refractivity contribution in [3.05, 3.63) is 0 Å². The number of amides is 4. The van der Waals surface area contributed by atoms with Crippen LogP contribution < -0.4 is 21.3 Å². The molecule has 0 aromatic carbocycles. The van der Waals surface area contributed by atoms with Crippen LogP contribution >= 0.6 is 0 Å². The minimum absolute atomic E-state index is 0.207. The summed E-state index contributed by atoms with van der Waals surface area (Å²) >= 11 is 0. The second-order valence-electron chi connectivity index (χ2n) is 35.5. The Balaban J connectivity index is 0.808. The maximum absolute atomic E-state index is 13.1. The zero-order valence-electron chi connectivity index (χ0n) is 72.4. The van der Waals surface area contributed by atoms with Crippen molar-refractivity contribution in [2.75, 3.05) is 59.5 Å². The van der Waals surface area contributed by atoms with Crippen LogP contribution in [0.15, 0.2) is 0 Å². The van der Waals surface area contributed by atoms with Gasteiger partial charge in [0.2, 0.25) is 23.6 Å². The van der Waals surface area contributed by atoms with Gasteiger partial charge in [-0.15, -0.1) is 0 Å². The van der Waals surface area contributed by atoms with Gasteiger partial charge in [-0.3, -0.25) is 24.0 Å². The van der Waals surface area contributed by atoms with Crippen LogP contribution in [0.1, 0.15) is 67.2 Å². The van der Waals surface area contributed by atoms with Gasteiger partial charge >= 0.3 is 5.97 Å². The lowest BCUT2D eigenvalue weighted by atomic mass is 9.68. The monoisotopic (exact) mass is 1940 g/mol. The van der Waals surface area contributed by atoms with Crippen molar-refractivity contribution in [3.8, 4) is 0 Å². The third-order valence-electron chi connectivity index (χ3n) is 26.4. The average molecular weight is 1940 g/mol. The summed E-state index contributed by atoms with van der Waals surface area (Å²) in [5, 5.41) is 314. The molecule has 0 radical (unpaired) electrons. The number of aliphatic hydroxyl groups excluding tert-OH is 23. The summed E-state index contributed by atoms with van der Waals surface area (Å²) < 4.78 is 121. The number of hydrogen-bond donors (Lipinski definition) is 31. The Morgan fingerprint density at radius 2 is 0.789 bits per heavy atom. The molecule has 56 heteroatoms. The van der Waals surface area contributed by atoms with E-state index in [1.165, 1.54) is 13.8 Å². The molecule has 56 nitrogen and oxygen atoms in total. The molecule has 0 aromatic rings. The number of ether oxygens (including phenoxy) is 20. The molecule has 2 aliphatic carbocycles. The van der Waals surface area contributed by atoms with Gasteiger partial charge in [0, 0.05) is 52.4 Å². The lowest BCUT2D eigenvalue weighted by Crippen LogP contribution is -2.74. The van der Waals surface area contributed by atoms with E-state index in [0.717, 1.165) is 27.7 Å². The third-order valence-corrected chi connectivity index (χ3v) is 26.4. The Morgan fingerprint density at radius 1 is 0.391 bits per heavy atom. The topological polar surface area (TPSA) is 864 Å². The Bertz CT molecular complexity index is 3770. The van der Waals surface area contributed by atoms with Gasteiger partial charge in [-0.25, -0.2) is 0 Å². The van der Waals surface area contributed by atoms with Crippen molar-refractivity contribution < 1.29 is 257 Å². The van der Waals surface area contributed by atoms with E-state index in [1.54, 1.807) is 0 Å². The molecular weight excluding hydrogens is 1810 g/mol. The molecule has 10 saturated heterocycles. The zero-order chi connectivity index (χ0) is 97.5. The second kappa shape index (κ2) is 44.8. The van der Waals surface area contributed by atoms with Gasteiger partial charge in [0.05, 0.1) is 126 Å². The molecule has 10 heterocycles. The Kier molecular flexibility index (Phi) is 36.1. The van der Waals surface area contributed by atoms with Crippen LogP contribution in [0.2, 0.25) is 0 Å². The van der Waals surface area contributed by atoms with Gasteiger partial charge in [0.1, 0.15) is 183 Å². The van der Waals surface area contributed by atoms with E-state index in [1.807, 2.05) is 0 Å². The van der Waals surface area contributed by atoms with E-state index in [0.29, 0.717) is 0 Å². The van der Waals surface area contributed by atoms with E-state index in [4.69, 9.17) is 94.7 Å². The minimum Gasteiger partial charge on any atom is -0.410 e. The first-order valence-corrected chi connectivity index (χ1v) is 43.4. The molecule has 51 atom stereocenters. The van der Waals surface area contributed by atoms with Gasteiger partial charge in [-0.1, -0.05) is 6.92 Å². The molecule has 4 amide bonds. The van der Waals surface area contributed by atoms with Gasteiger partial charge in [0.15, 0.2) is 61.9 Å². The summed E-state index contributed by atoms with van der Waals surface area (Å²) in [6.45, 7) is -2.61. The maximum atomic E-state index is 13.1. The van der Waals surface area contributed by atoms with Crippen molar-refractivity contribution >= 4 is 30.1 Å². The highest BCUT2D eigenvalue weighted by atomic mass is 16.9. The van der Waals surface area contributed by atoms with E-state index in [-0.39, 0.29) is 6.47 Å². The Hall–Kier alpha value is -4.49. The van der Waals surface area contributed by atoms with Crippen molar-refractivity contribution in [3.63, 3.8) is 0 Å². The lowest BCUT2D eigenvalue weighted by Gasteiger charge is -2.58. The van der Waals surface area contributed by atoms with Gasteiger partial charge in [-0.2, -0.15) is 0 Å². The maximum Gasteiger partial charge on any atom is 0.332 e. The minimum atomic E-state index is -2.81. The largest absolute Gasteiger partial charge is 0.410 e. The van der Waals surface area contributed by atoms with Crippen LogP contribution in [0.4, 0.5) is 0 Å². The summed E-state index contributed by atoms with van der Waals surface area (Å²) in [6.07, 6.45) is -84.7. The smallest absolute Gasteiger partial charge is 0.332 e. The molecule has 0 bridgehead atoms. The fourth-order valence-corrected chi connectivity index (χ4v) is 19.2. The molecule has 0 spiro atoms. The van der Waals surface area contributed by atoms with E-state index >= 15 is 0 Å². The number of nitrogens with one attached hydrogen (secondary N) is 4. The van der Waals surface area contributed by atoms with Crippen LogP contribution in [-0.4, -0.2) is 527 Å². The molecular formula is C77H126N4O52. The first-order valence-electron chi connectivity index (χ1n) is 43.4.